The molecule has 0 bridgehead atoms. The van der Waals surface area contributed by atoms with E-state index in [1.807, 2.05) is 48.7 Å². The van der Waals surface area contributed by atoms with E-state index in [4.69, 9.17) is 0 Å². The van der Waals surface area contributed by atoms with E-state index in [0.29, 0.717) is 5.65 Å². The van der Waals surface area contributed by atoms with Gasteiger partial charge in [0.15, 0.2) is 5.65 Å². The number of hydrogen-bond donors (Lipinski definition) is 1. The molecule has 154 valence electrons. The molecule has 1 N–H and O–H groups in total. The molecule has 0 atom stereocenters. The van der Waals surface area contributed by atoms with Crippen LogP contribution in [0.2, 0.25) is 0 Å². The van der Waals surface area contributed by atoms with Crippen molar-refractivity contribution in [1.29, 1.82) is 0 Å². The molecule has 0 aliphatic rings. The second-order valence-corrected chi connectivity index (χ2v) is 7.80. The summed E-state index contributed by atoms with van der Waals surface area (Å²) in [5.74, 6) is 0. The number of benzene rings is 2. The van der Waals surface area contributed by atoms with Crippen LogP contribution in [0.15, 0.2) is 83.8 Å². The van der Waals surface area contributed by atoms with Crippen LogP contribution < -0.4 is 5.69 Å². The van der Waals surface area contributed by atoms with Crippen LogP contribution >= 0.6 is 0 Å². The Morgan fingerprint density at radius 2 is 1.81 bits per heavy atom. The molecule has 0 spiro atoms. The number of nitrogens with zero attached hydrogens (tertiary/aromatic N) is 4. The maximum Gasteiger partial charge on any atom is 0.348 e. The Balaban J connectivity index is 1.38. The Kier molecular flexibility index (Phi) is 5.06. The monoisotopic (exact) mass is 409 g/mol. The predicted octanol–water partition coefficient (Wildman–Crippen LogP) is 3.91. The number of rotatable bonds is 6. The largest absolute Gasteiger partial charge is 0.348 e. The molecular formula is C25H23N5O. The van der Waals surface area contributed by atoms with Gasteiger partial charge in [-0.1, -0.05) is 48.5 Å². The van der Waals surface area contributed by atoms with E-state index in [1.54, 1.807) is 4.40 Å². The first kappa shape index (κ1) is 19.2. The third kappa shape index (κ3) is 3.85. The summed E-state index contributed by atoms with van der Waals surface area (Å²) in [7, 11) is 2.13. The maximum atomic E-state index is 12.2. The highest BCUT2D eigenvalue weighted by Crippen LogP contribution is 2.29. The average molecular weight is 409 g/mol. The summed E-state index contributed by atoms with van der Waals surface area (Å²) < 4.78 is 1.61. The number of nitrogens with one attached hydrogen (secondary N) is 1. The molecule has 0 saturated carbocycles. The summed E-state index contributed by atoms with van der Waals surface area (Å²) in [4.78, 5) is 18.9. The molecule has 3 heterocycles. The zero-order valence-corrected chi connectivity index (χ0v) is 17.3. The Bertz CT molecular complexity index is 1390. The number of hydrogen-bond acceptors (Lipinski definition) is 4. The standard InChI is InChI=1S/C25H23N5O/c1-29(15-13-20-6-4-5-14-26-20)17-18-9-11-19(12-10-18)22-16-24-27-28-25(31)30(24)23-8-3-2-7-21(22)23/h2-12,14,16H,13,15,17H2,1H3,(H,28,31). The van der Waals surface area contributed by atoms with Crippen LogP contribution in [0.4, 0.5) is 0 Å². The minimum absolute atomic E-state index is 0.221. The van der Waals surface area contributed by atoms with E-state index >= 15 is 0 Å². The van der Waals surface area contributed by atoms with Crippen LogP contribution in [-0.2, 0) is 13.0 Å². The van der Waals surface area contributed by atoms with E-state index in [2.05, 4.69) is 57.5 Å². The quantitative estimate of drug-likeness (QED) is 0.462. The zero-order chi connectivity index (χ0) is 21.2. The van der Waals surface area contributed by atoms with Crippen LogP contribution in [0.25, 0.3) is 27.7 Å². The highest BCUT2D eigenvalue weighted by Gasteiger charge is 2.11. The highest BCUT2D eigenvalue weighted by atomic mass is 16.1. The first-order valence-electron chi connectivity index (χ1n) is 10.4. The van der Waals surface area contributed by atoms with Crippen LogP contribution in [0.3, 0.4) is 0 Å². The van der Waals surface area contributed by atoms with Gasteiger partial charge in [-0.25, -0.2) is 14.3 Å². The number of para-hydroxylation sites is 1. The van der Waals surface area contributed by atoms with Crippen molar-refractivity contribution in [2.75, 3.05) is 13.6 Å². The van der Waals surface area contributed by atoms with E-state index in [0.717, 1.165) is 47.2 Å². The summed E-state index contributed by atoms with van der Waals surface area (Å²) >= 11 is 0. The Morgan fingerprint density at radius 1 is 1.00 bits per heavy atom. The molecule has 0 unspecified atom stereocenters. The van der Waals surface area contributed by atoms with Gasteiger partial charge in [-0.2, -0.15) is 5.10 Å². The lowest BCUT2D eigenvalue weighted by Crippen LogP contribution is -2.21. The molecule has 0 radical (unpaired) electrons. The molecule has 3 aromatic heterocycles. The fraction of sp³-hybridized carbons (Fsp3) is 0.160. The maximum absolute atomic E-state index is 12.2. The van der Waals surface area contributed by atoms with Gasteiger partial charge in [0, 0.05) is 36.8 Å². The number of pyridine rings is 2. The third-order valence-electron chi connectivity index (χ3n) is 5.60. The van der Waals surface area contributed by atoms with Crippen molar-refractivity contribution in [3.63, 3.8) is 0 Å². The molecular weight excluding hydrogens is 386 g/mol. The first-order valence-corrected chi connectivity index (χ1v) is 10.4. The molecule has 5 rings (SSSR count). The van der Waals surface area contributed by atoms with Gasteiger partial charge < -0.3 is 4.90 Å². The highest BCUT2D eigenvalue weighted by molar-refractivity contribution is 5.97. The summed E-state index contributed by atoms with van der Waals surface area (Å²) in [5, 5.41) is 7.75. The average Bonchev–Trinajstić information content (AvgIpc) is 3.19. The van der Waals surface area contributed by atoms with Crippen molar-refractivity contribution in [2.45, 2.75) is 13.0 Å². The lowest BCUT2D eigenvalue weighted by molar-refractivity contribution is 0.330. The smallest absolute Gasteiger partial charge is 0.302 e. The molecule has 0 aliphatic heterocycles. The van der Waals surface area contributed by atoms with Gasteiger partial charge in [-0.05, 0) is 48.0 Å². The Labute approximate surface area is 179 Å². The molecule has 0 aliphatic carbocycles. The number of likely N-dealkylation sites (N-methyl/N-ethyl adjacent to an activating group) is 1. The summed E-state index contributed by atoms with van der Waals surface area (Å²) in [6, 6.07) is 24.6. The molecule has 0 saturated heterocycles. The van der Waals surface area contributed by atoms with Gasteiger partial charge in [-0.3, -0.25) is 4.98 Å². The first-order chi connectivity index (χ1) is 15.2. The van der Waals surface area contributed by atoms with Crippen LogP contribution in [-0.4, -0.2) is 38.1 Å². The summed E-state index contributed by atoms with van der Waals surface area (Å²) in [6.45, 7) is 1.83. The number of H-pyrrole nitrogens is 1. The van der Waals surface area contributed by atoms with E-state index in [9.17, 15) is 4.79 Å². The molecule has 6 heteroatoms. The second kappa shape index (κ2) is 8.16. The molecule has 6 nitrogen and oxygen atoms in total. The fourth-order valence-electron chi connectivity index (χ4n) is 4.01. The summed E-state index contributed by atoms with van der Waals surface area (Å²) in [5.41, 5.74) is 5.80. The van der Waals surface area contributed by atoms with Crippen molar-refractivity contribution in [2.24, 2.45) is 0 Å². The van der Waals surface area contributed by atoms with Crippen molar-refractivity contribution in [3.05, 3.63) is 101 Å². The van der Waals surface area contributed by atoms with E-state index < -0.39 is 0 Å². The van der Waals surface area contributed by atoms with E-state index in [-0.39, 0.29) is 5.69 Å². The normalized spacial score (nSPS) is 11.5. The third-order valence-corrected chi connectivity index (χ3v) is 5.60. The lowest BCUT2D eigenvalue weighted by Gasteiger charge is -2.17. The van der Waals surface area contributed by atoms with Crippen molar-refractivity contribution in [1.82, 2.24) is 24.5 Å². The van der Waals surface area contributed by atoms with Gasteiger partial charge in [0.2, 0.25) is 0 Å². The molecule has 2 aromatic carbocycles. The van der Waals surface area contributed by atoms with Crippen LogP contribution in [0.5, 0.6) is 0 Å². The Hall–Kier alpha value is -3.77. The van der Waals surface area contributed by atoms with Gasteiger partial charge in [0.05, 0.1) is 5.52 Å². The molecule has 0 amide bonds. The predicted molar refractivity (Wildman–Crippen MR) is 123 cm³/mol. The van der Waals surface area contributed by atoms with Gasteiger partial charge >= 0.3 is 5.69 Å². The number of aromatic nitrogens is 4. The molecule has 5 aromatic rings. The second-order valence-electron chi connectivity index (χ2n) is 7.80. The minimum atomic E-state index is -0.221. The van der Waals surface area contributed by atoms with Crippen molar-refractivity contribution in [3.8, 4) is 11.1 Å². The lowest BCUT2D eigenvalue weighted by atomic mass is 10.00. The minimum Gasteiger partial charge on any atom is -0.302 e. The number of fused-ring (bicyclic) bond motifs is 3. The van der Waals surface area contributed by atoms with Gasteiger partial charge in [0.1, 0.15) is 0 Å². The molecule has 31 heavy (non-hydrogen) atoms. The Morgan fingerprint density at radius 3 is 2.61 bits per heavy atom. The van der Waals surface area contributed by atoms with E-state index in [1.165, 1.54) is 5.56 Å². The summed E-state index contributed by atoms with van der Waals surface area (Å²) in [6.07, 6.45) is 2.78. The van der Waals surface area contributed by atoms with Gasteiger partial charge in [-0.15, -0.1) is 0 Å². The fourth-order valence-corrected chi connectivity index (χ4v) is 4.01. The van der Waals surface area contributed by atoms with Crippen molar-refractivity contribution < 1.29 is 0 Å². The topological polar surface area (TPSA) is 66.3 Å². The SMILES string of the molecule is CN(CCc1ccccn1)Cc1ccc(-c2cc3n[nH]c(=O)n3c3ccccc23)cc1. The van der Waals surface area contributed by atoms with Crippen LogP contribution in [0, 0.1) is 0 Å². The number of aromatic amines is 1. The van der Waals surface area contributed by atoms with Crippen molar-refractivity contribution >= 4 is 16.6 Å². The van der Waals surface area contributed by atoms with Crippen LogP contribution in [0.1, 0.15) is 11.3 Å². The van der Waals surface area contributed by atoms with Gasteiger partial charge in [0.25, 0.3) is 0 Å². The zero-order valence-electron chi connectivity index (χ0n) is 17.3. The molecule has 0 fully saturated rings.